The fourth-order valence-corrected chi connectivity index (χ4v) is 1.90. The SMILES string of the molecule is C[C@@H](N)C(=O)N(C)CCn1cnc2ccccc21.Cl.Cl. The van der Waals surface area contributed by atoms with E-state index in [1.54, 1.807) is 25.2 Å². The van der Waals surface area contributed by atoms with Gasteiger partial charge < -0.3 is 15.2 Å². The summed E-state index contributed by atoms with van der Waals surface area (Å²) < 4.78 is 2.04. The van der Waals surface area contributed by atoms with Crippen LogP contribution in [0.3, 0.4) is 0 Å². The van der Waals surface area contributed by atoms with Crippen LogP contribution in [-0.4, -0.2) is 40.0 Å². The van der Waals surface area contributed by atoms with Crippen LogP contribution in [-0.2, 0) is 11.3 Å². The topological polar surface area (TPSA) is 64.2 Å². The Morgan fingerprint density at radius 1 is 1.40 bits per heavy atom. The second-order valence-corrected chi connectivity index (χ2v) is 4.48. The van der Waals surface area contributed by atoms with Crippen molar-refractivity contribution >= 4 is 41.8 Å². The van der Waals surface area contributed by atoms with Crippen molar-refractivity contribution in [2.45, 2.75) is 19.5 Å². The van der Waals surface area contributed by atoms with Crippen molar-refractivity contribution in [2.75, 3.05) is 13.6 Å². The van der Waals surface area contributed by atoms with Crippen molar-refractivity contribution in [3.05, 3.63) is 30.6 Å². The van der Waals surface area contributed by atoms with Gasteiger partial charge in [-0.05, 0) is 19.1 Å². The highest BCUT2D eigenvalue weighted by Crippen LogP contribution is 2.11. The molecule has 0 unspecified atom stereocenters. The average molecular weight is 319 g/mol. The second kappa shape index (κ2) is 8.09. The van der Waals surface area contributed by atoms with E-state index in [0.717, 1.165) is 17.6 Å². The van der Waals surface area contributed by atoms with E-state index in [2.05, 4.69) is 4.98 Å². The molecule has 1 atom stereocenters. The molecule has 1 amide bonds. The van der Waals surface area contributed by atoms with Gasteiger partial charge in [-0.15, -0.1) is 24.8 Å². The van der Waals surface area contributed by atoms with Crippen molar-refractivity contribution in [3.8, 4) is 0 Å². The molecule has 2 N–H and O–H groups in total. The normalized spacial score (nSPS) is 11.3. The van der Waals surface area contributed by atoms with E-state index < -0.39 is 6.04 Å². The molecule has 1 heterocycles. The highest BCUT2D eigenvalue weighted by molar-refractivity contribution is 5.85. The number of carbonyl (C=O) groups excluding carboxylic acids is 1. The maximum atomic E-state index is 11.6. The summed E-state index contributed by atoms with van der Waals surface area (Å²) in [6, 6.07) is 7.50. The summed E-state index contributed by atoms with van der Waals surface area (Å²) >= 11 is 0. The number of aromatic nitrogens is 2. The quantitative estimate of drug-likeness (QED) is 0.933. The Morgan fingerprint density at radius 2 is 2.05 bits per heavy atom. The van der Waals surface area contributed by atoms with Gasteiger partial charge in [0.2, 0.25) is 5.91 Å². The van der Waals surface area contributed by atoms with Gasteiger partial charge in [0.15, 0.2) is 0 Å². The van der Waals surface area contributed by atoms with Crippen LogP contribution >= 0.6 is 24.8 Å². The van der Waals surface area contributed by atoms with Crippen LogP contribution in [0.4, 0.5) is 0 Å². The lowest BCUT2D eigenvalue weighted by Crippen LogP contribution is -2.41. The first-order valence-electron chi connectivity index (χ1n) is 6.00. The number of halogens is 2. The van der Waals surface area contributed by atoms with Crippen molar-refractivity contribution in [1.82, 2.24) is 14.5 Å². The second-order valence-electron chi connectivity index (χ2n) is 4.48. The highest BCUT2D eigenvalue weighted by Gasteiger charge is 2.13. The lowest BCUT2D eigenvalue weighted by molar-refractivity contribution is -0.130. The molecular formula is C13H20Cl2N4O. The Labute approximate surface area is 131 Å². The Hall–Kier alpha value is -1.30. The largest absolute Gasteiger partial charge is 0.343 e. The van der Waals surface area contributed by atoms with Crippen LogP contribution in [0.2, 0.25) is 0 Å². The number of imidazole rings is 1. The van der Waals surface area contributed by atoms with Crippen molar-refractivity contribution in [3.63, 3.8) is 0 Å². The van der Waals surface area contributed by atoms with Gasteiger partial charge in [0.1, 0.15) is 0 Å². The molecule has 0 fully saturated rings. The van der Waals surface area contributed by atoms with Crippen molar-refractivity contribution in [1.29, 1.82) is 0 Å². The first kappa shape index (κ1) is 18.7. The molecule has 0 spiro atoms. The lowest BCUT2D eigenvalue weighted by atomic mass is 10.3. The molecule has 1 aromatic carbocycles. The minimum Gasteiger partial charge on any atom is -0.343 e. The molecule has 1 aromatic heterocycles. The van der Waals surface area contributed by atoms with Crippen LogP contribution in [0.25, 0.3) is 11.0 Å². The van der Waals surface area contributed by atoms with Crippen LogP contribution in [0, 0.1) is 0 Å². The molecule has 0 saturated carbocycles. The van der Waals surface area contributed by atoms with E-state index in [4.69, 9.17) is 5.73 Å². The van der Waals surface area contributed by atoms with Gasteiger partial charge in [0.05, 0.1) is 23.4 Å². The number of hydrogen-bond donors (Lipinski definition) is 1. The Morgan fingerprint density at radius 3 is 2.70 bits per heavy atom. The van der Waals surface area contributed by atoms with Gasteiger partial charge in [0.25, 0.3) is 0 Å². The molecule has 20 heavy (non-hydrogen) atoms. The van der Waals surface area contributed by atoms with Gasteiger partial charge in [-0.25, -0.2) is 4.98 Å². The summed E-state index contributed by atoms with van der Waals surface area (Å²) in [7, 11) is 1.77. The highest BCUT2D eigenvalue weighted by atomic mass is 35.5. The Balaban J connectivity index is 0.00000180. The number of nitrogens with two attached hydrogens (primary N) is 1. The summed E-state index contributed by atoms with van der Waals surface area (Å²) in [5.74, 6) is -0.0422. The molecule has 5 nitrogen and oxygen atoms in total. The molecule has 112 valence electrons. The third-order valence-corrected chi connectivity index (χ3v) is 2.97. The summed E-state index contributed by atoms with van der Waals surface area (Å²) in [5.41, 5.74) is 7.62. The number of likely N-dealkylation sites (N-methyl/N-ethyl adjacent to an activating group) is 1. The molecule has 2 rings (SSSR count). The summed E-state index contributed by atoms with van der Waals surface area (Å²) in [5, 5.41) is 0. The first-order chi connectivity index (χ1) is 8.59. The predicted molar refractivity (Wildman–Crippen MR) is 85.5 cm³/mol. The zero-order chi connectivity index (χ0) is 13.1. The summed E-state index contributed by atoms with van der Waals surface area (Å²) in [4.78, 5) is 17.6. The third kappa shape index (κ3) is 4.10. The van der Waals surface area contributed by atoms with Crippen LogP contribution < -0.4 is 5.73 Å². The van der Waals surface area contributed by atoms with Crippen LogP contribution in [0.1, 0.15) is 6.92 Å². The number of fused-ring (bicyclic) bond motifs is 1. The maximum Gasteiger partial charge on any atom is 0.238 e. The van der Waals surface area contributed by atoms with Gasteiger partial charge in [0, 0.05) is 20.1 Å². The van der Waals surface area contributed by atoms with E-state index in [1.807, 2.05) is 28.8 Å². The fourth-order valence-electron chi connectivity index (χ4n) is 1.90. The van der Waals surface area contributed by atoms with Gasteiger partial charge in [-0.3, -0.25) is 4.79 Å². The lowest BCUT2D eigenvalue weighted by Gasteiger charge is -2.19. The van der Waals surface area contributed by atoms with E-state index in [9.17, 15) is 4.79 Å². The van der Waals surface area contributed by atoms with E-state index >= 15 is 0 Å². The van der Waals surface area contributed by atoms with E-state index in [0.29, 0.717) is 6.54 Å². The predicted octanol–water partition coefficient (Wildman–Crippen LogP) is 1.69. The van der Waals surface area contributed by atoms with Gasteiger partial charge in [-0.1, -0.05) is 12.1 Å². The number of amides is 1. The summed E-state index contributed by atoms with van der Waals surface area (Å²) in [6.45, 7) is 3.04. The molecule has 2 aromatic rings. The van der Waals surface area contributed by atoms with Crippen LogP contribution in [0.15, 0.2) is 30.6 Å². The molecule has 0 radical (unpaired) electrons. The average Bonchev–Trinajstić information content (AvgIpc) is 2.78. The Bertz CT molecular complexity index is 556. The van der Waals surface area contributed by atoms with Crippen molar-refractivity contribution < 1.29 is 4.79 Å². The van der Waals surface area contributed by atoms with Crippen molar-refractivity contribution in [2.24, 2.45) is 5.73 Å². The summed E-state index contributed by atoms with van der Waals surface area (Å²) in [6.07, 6.45) is 1.80. The van der Waals surface area contributed by atoms with Gasteiger partial charge >= 0.3 is 0 Å². The number of nitrogens with zero attached hydrogens (tertiary/aromatic N) is 3. The minimum atomic E-state index is -0.450. The maximum absolute atomic E-state index is 11.6. The number of para-hydroxylation sites is 2. The van der Waals surface area contributed by atoms with E-state index in [-0.39, 0.29) is 30.7 Å². The molecule has 0 saturated heterocycles. The smallest absolute Gasteiger partial charge is 0.238 e. The molecule has 0 aliphatic carbocycles. The van der Waals surface area contributed by atoms with Crippen LogP contribution in [0.5, 0.6) is 0 Å². The number of benzene rings is 1. The number of carbonyl (C=O) groups is 1. The molecule has 0 bridgehead atoms. The molecule has 0 aliphatic heterocycles. The molecule has 0 aliphatic rings. The van der Waals surface area contributed by atoms with Gasteiger partial charge in [-0.2, -0.15) is 0 Å². The number of hydrogen-bond acceptors (Lipinski definition) is 3. The monoisotopic (exact) mass is 318 g/mol. The van der Waals surface area contributed by atoms with E-state index in [1.165, 1.54) is 0 Å². The molecular weight excluding hydrogens is 299 g/mol. The third-order valence-electron chi connectivity index (χ3n) is 2.97. The zero-order valence-corrected chi connectivity index (χ0v) is 13.2. The zero-order valence-electron chi connectivity index (χ0n) is 11.5. The first-order valence-corrected chi connectivity index (χ1v) is 6.00. The number of rotatable bonds is 4. The Kier molecular flexibility index (Phi) is 7.57. The minimum absolute atomic E-state index is 0. The standard InChI is InChI=1S/C13H18N4O.2ClH/c1-10(14)13(18)16(2)7-8-17-9-15-11-5-3-4-6-12(11)17;;/h3-6,9-10H,7-8,14H2,1-2H3;2*1H/t10-;;/m1../s1. The molecule has 7 heteroatoms. The fraction of sp³-hybridized carbons (Fsp3) is 0.385.